The maximum absolute atomic E-state index is 13.4. The lowest BCUT2D eigenvalue weighted by atomic mass is 10.2. The van der Waals surface area contributed by atoms with Crippen LogP contribution >= 0.6 is 11.8 Å². The number of amides is 1. The Morgan fingerprint density at radius 2 is 1.77 bits per heavy atom. The highest BCUT2D eigenvalue weighted by Gasteiger charge is 2.09. The van der Waals surface area contributed by atoms with Gasteiger partial charge in [-0.15, -0.1) is 11.8 Å². The number of benzene rings is 2. The summed E-state index contributed by atoms with van der Waals surface area (Å²) in [6.45, 7) is 2.38. The van der Waals surface area contributed by atoms with Crippen molar-refractivity contribution in [2.45, 2.75) is 6.92 Å². The van der Waals surface area contributed by atoms with Crippen molar-refractivity contribution in [3.8, 4) is 5.75 Å². The average molecular weight is 377 g/mol. The summed E-state index contributed by atoms with van der Waals surface area (Å²) in [5, 5.41) is 2.45. The second-order valence-electron chi connectivity index (χ2n) is 5.40. The molecule has 0 aromatic heterocycles. The van der Waals surface area contributed by atoms with Crippen LogP contribution in [0.15, 0.2) is 48.5 Å². The number of carbonyl (C=O) groups excluding carboxylic acids is 2. The molecule has 0 heterocycles. The van der Waals surface area contributed by atoms with Gasteiger partial charge in [-0.05, 0) is 31.2 Å². The molecule has 0 bridgehead atoms. The smallest absolute Gasteiger partial charge is 0.316 e. The van der Waals surface area contributed by atoms with Crippen LogP contribution in [-0.4, -0.2) is 36.6 Å². The van der Waals surface area contributed by atoms with Gasteiger partial charge in [-0.3, -0.25) is 9.59 Å². The second kappa shape index (κ2) is 10.5. The van der Waals surface area contributed by atoms with Crippen LogP contribution in [-0.2, 0) is 14.3 Å². The first-order valence-corrected chi connectivity index (χ1v) is 9.17. The molecule has 138 valence electrons. The van der Waals surface area contributed by atoms with Gasteiger partial charge in [-0.2, -0.15) is 0 Å². The third-order valence-electron chi connectivity index (χ3n) is 3.24. The van der Waals surface area contributed by atoms with Crippen molar-refractivity contribution in [2.24, 2.45) is 0 Å². The van der Waals surface area contributed by atoms with Gasteiger partial charge < -0.3 is 14.8 Å². The molecule has 0 aliphatic heterocycles. The minimum Gasteiger partial charge on any atom is -0.490 e. The summed E-state index contributed by atoms with van der Waals surface area (Å²) in [4.78, 5) is 23.3. The Bertz CT molecular complexity index is 737. The molecule has 0 saturated carbocycles. The lowest BCUT2D eigenvalue weighted by Crippen LogP contribution is -2.18. The number of esters is 1. The molecule has 0 spiro atoms. The standard InChI is InChI=1S/C19H20FNO4S/c1-14-6-8-15(9-7-14)24-10-11-25-19(23)13-26-12-18(22)21-17-5-3-2-4-16(17)20/h2-9H,10-13H2,1H3,(H,21,22). The molecule has 2 aromatic rings. The van der Waals surface area contributed by atoms with Crippen molar-refractivity contribution in [3.05, 3.63) is 59.9 Å². The fourth-order valence-corrected chi connectivity index (χ4v) is 2.58. The number of ether oxygens (including phenoxy) is 2. The van der Waals surface area contributed by atoms with Crippen molar-refractivity contribution < 1.29 is 23.5 Å². The number of thioether (sulfide) groups is 1. The van der Waals surface area contributed by atoms with Gasteiger partial charge in [0.25, 0.3) is 0 Å². The van der Waals surface area contributed by atoms with E-state index in [-0.39, 0.29) is 36.3 Å². The number of para-hydroxylation sites is 1. The highest BCUT2D eigenvalue weighted by Crippen LogP contribution is 2.13. The van der Waals surface area contributed by atoms with E-state index in [2.05, 4.69) is 5.32 Å². The minimum atomic E-state index is -0.501. The first-order chi connectivity index (χ1) is 12.5. The van der Waals surface area contributed by atoms with Gasteiger partial charge >= 0.3 is 5.97 Å². The molecule has 0 saturated heterocycles. The number of halogens is 1. The van der Waals surface area contributed by atoms with Crippen molar-refractivity contribution in [3.63, 3.8) is 0 Å². The molecule has 0 fully saturated rings. The SMILES string of the molecule is Cc1ccc(OCCOC(=O)CSCC(=O)Nc2ccccc2F)cc1. The van der Waals surface area contributed by atoms with Crippen LogP contribution in [0.5, 0.6) is 5.75 Å². The summed E-state index contributed by atoms with van der Waals surface area (Å²) in [5.74, 6) is -0.528. The van der Waals surface area contributed by atoms with E-state index in [4.69, 9.17) is 9.47 Å². The van der Waals surface area contributed by atoms with E-state index in [1.54, 1.807) is 6.07 Å². The molecule has 1 N–H and O–H groups in total. The van der Waals surface area contributed by atoms with Crippen molar-refractivity contribution in [1.29, 1.82) is 0 Å². The summed E-state index contributed by atoms with van der Waals surface area (Å²) in [6.07, 6.45) is 0. The Labute approximate surface area is 155 Å². The van der Waals surface area contributed by atoms with E-state index < -0.39 is 11.8 Å². The highest BCUT2D eigenvalue weighted by atomic mass is 32.2. The Hall–Kier alpha value is -2.54. The summed E-state index contributed by atoms with van der Waals surface area (Å²) >= 11 is 1.10. The Balaban J connectivity index is 1.56. The van der Waals surface area contributed by atoms with Gasteiger partial charge in [0.2, 0.25) is 5.91 Å². The van der Waals surface area contributed by atoms with Gasteiger partial charge in [-0.1, -0.05) is 29.8 Å². The van der Waals surface area contributed by atoms with E-state index in [0.29, 0.717) is 5.75 Å². The number of aryl methyl sites for hydroxylation is 1. The zero-order valence-corrected chi connectivity index (χ0v) is 15.2. The molecule has 7 heteroatoms. The maximum atomic E-state index is 13.4. The molecule has 0 aliphatic rings. The van der Waals surface area contributed by atoms with Crippen LogP contribution in [0, 0.1) is 12.7 Å². The number of nitrogens with one attached hydrogen (secondary N) is 1. The zero-order chi connectivity index (χ0) is 18.8. The second-order valence-corrected chi connectivity index (χ2v) is 6.39. The molecule has 0 unspecified atom stereocenters. The normalized spacial score (nSPS) is 10.2. The fraction of sp³-hybridized carbons (Fsp3) is 0.263. The Morgan fingerprint density at radius 1 is 1.04 bits per heavy atom. The average Bonchev–Trinajstić information content (AvgIpc) is 2.62. The monoisotopic (exact) mass is 377 g/mol. The van der Waals surface area contributed by atoms with Crippen LogP contribution in [0.1, 0.15) is 5.56 Å². The quantitative estimate of drug-likeness (QED) is 0.536. The third-order valence-corrected chi connectivity index (χ3v) is 4.14. The molecule has 1 amide bonds. The van der Waals surface area contributed by atoms with Crippen LogP contribution in [0.4, 0.5) is 10.1 Å². The van der Waals surface area contributed by atoms with Crippen LogP contribution < -0.4 is 10.1 Å². The summed E-state index contributed by atoms with van der Waals surface area (Å²) in [7, 11) is 0. The minimum absolute atomic E-state index is 0.0311. The topological polar surface area (TPSA) is 64.6 Å². The Morgan fingerprint density at radius 3 is 2.50 bits per heavy atom. The van der Waals surface area contributed by atoms with E-state index >= 15 is 0 Å². The van der Waals surface area contributed by atoms with Crippen molar-refractivity contribution in [2.75, 3.05) is 30.0 Å². The van der Waals surface area contributed by atoms with Gasteiger partial charge in [0.05, 0.1) is 17.2 Å². The van der Waals surface area contributed by atoms with Crippen molar-refractivity contribution >= 4 is 29.3 Å². The predicted molar refractivity (Wildman–Crippen MR) is 100.0 cm³/mol. The Kier molecular flexibility index (Phi) is 7.95. The number of anilines is 1. The van der Waals surface area contributed by atoms with Gasteiger partial charge in [-0.25, -0.2) is 4.39 Å². The summed E-state index contributed by atoms with van der Waals surface area (Å²) in [5.41, 5.74) is 1.26. The van der Waals surface area contributed by atoms with Crippen molar-refractivity contribution in [1.82, 2.24) is 0 Å². The maximum Gasteiger partial charge on any atom is 0.316 e. The molecule has 0 atom stereocenters. The van der Waals surface area contributed by atoms with E-state index in [1.807, 2.05) is 31.2 Å². The lowest BCUT2D eigenvalue weighted by Gasteiger charge is -2.08. The zero-order valence-electron chi connectivity index (χ0n) is 14.4. The molecular formula is C19H20FNO4S. The first kappa shape index (κ1) is 19.8. The molecule has 26 heavy (non-hydrogen) atoms. The third kappa shape index (κ3) is 7.14. The van der Waals surface area contributed by atoms with E-state index in [1.165, 1.54) is 18.2 Å². The van der Waals surface area contributed by atoms with E-state index in [9.17, 15) is 14.0 Å². The van der Waals surface area contributed by atoms with Gasteiger partial charge in [0.15, 0.2) is 0 Å². The molecule has 0 aliphatic carbocycles. The number of carbonyl (C=O) groups is 2. The molecule has 2 aromatic carbocycles. The molecular weight excluding hydrogens is 357 g/mol. The summed E-state index contributed by atoms with van der Waals surface area (Å²) in [6, 6.07) is 13.5. The fourth-order valence-electron chi connectivity index (χ4n) is 1.97. The van der Waals surface area contributed by atoms with E-state index in [0.717, 1.165) is 17.3 Å². The number of rotatable bonds is 9. The van der Waals surface area contributed by atoms with Gasteiger partial charge in [0.1, 0.15) is 24.8 Å². The van der Waals surface area contributed by atoms with Gasteiger partial charge in [0, 0.05) is 0 Å². The highest BCUT2D eigenvalue weighted by molar-refractivity contribution is 8.00. The lowest BCUT2D eigenvalue weighted by molar-refractivity contribution is -0.141. The number of hydrogen-bond acceptors (Lipinski definition) is 5. The molecule has 0 radical (unpaired) electrons. The largest absolute Gasteiger partial charge is 0.490 e. The molecule has 2 rings (SSSR count). The molecule has 5 nitrogen and oxygen atoms in total. The first-order valence-electron chi connectivity index (χ1n) is 8.02. The predicted octanol–water partition coefficient (Wildman–Crippen LogP) is 3.43. The van der Waals surface area contributed by atoms with Crippen LogP contribution in [0.25, 0.3) is 0 Å². The van der Waals surface area contributed by atoms with Crippen LogP contribution in [0.2, 0.25) is 0 Å². The van der Waals surface area contributed by atoms with Crippen LogP contribution in [0.3, 0.4) is 0 Å². The number of hydrogen-bond donors (Lipinski definition) is 1. The summed E-state index contributed by atoms with van der Waals surface area (Å²) < 4.78 is 23.9.